The minimum Gasteiger partial charge on any atom is -0.161 e. The molecule has 0 fully saturated rings. The summed E-state index contributed by atoms with van der Waals surface area (Å²) in [7, 11) is 0. The molecule has 0 aliphatic rings. The summed E-state index contributed by atoms with van der Waals surface area (Å²) in [5.74, 6) is 1.12. The average Bonchev–Trinajstić information content (AvgIpc) is 1.69. The van der Waals surface area contributed by atoms with Gasteiger partial charge in [-0.15, -0.1) is 0 Å². The van der Waals surface area contributed by atoms with E-state index in [0.29, 0.717) is 0 Å². The molecule has 0 amide bonds. The van der Waals surface area contributed by atoms with E-state index in [1.165, 1.54) is 0 Å². The Morgan fingerprint density at radius 3 is 2.71 bits per heavy atom. The van der Waals surface area contributed by atoms with E-state index in [1.807, 2.05) is 11.8 Å². The van der Waals surface area contributed by atoms with Crippen LogP contribution in [0.15, 0.2) is 12.2 Å². The van der Waals surface area contributed by atoms with E-state index in [0.717, 1.165) is 12.2 Å². The van der Waals surface area contributed by atoms with Crippen molar-refractivity contribution in [3.8, 4) is 0 Å². The summed E-state index contributed by atoms with van der Waals surface area (Å²) >= 11 is 1.83. The fourth-order valence-corrected chi connectivity index (χ4v) is 0.611. The summed E-state index contributed by atoms with van der Waals surface area (Å²) in [5.41, 5.74) is 0. The first-order chi connectivity index (χ1) is 3.41. The number of thioether (sulfide) groups is 1. The minimum absolute atomic E-state index is 0.917. The smallest absolute Gasteiger partial charge is 0.0110 e. The van der Waals surface area contributed by atoms with Gasteiger partial charge >= 0.3 is 0 Å². The second-order valence-electron chi connectivity index (χ2n) is 1.22. The molecule has 7 heavy (non-hydrogen) atoms. The highest BCUT2D eigenvalue weighted by atomic mass is 32.2. The van der Waals surface area contributed by atoms with Crippen molar-refractivity contribution in [1.29, 1.82) is 0 Å². The van der Waals surface area contributed by atoms with Crippen molar-refractivity contribution in [3.63, 3.8) is 0 Å². The van der Waals surface area contributed by atoms with Crippen molar-refractivity contribution in [3.05, 3.63) is 19.1 Å². The van der Waals surface area contributed by atoms with Crippen molar-refractivity contribution in [2.24, 2.45) is 0 Å². The second kappa shape index (κ2) is 6.09. The highest BCUT2D eigenvalue weighted by molar-refractivity contribution is 7.98. The summed E-state index contributed by atoms with van der Waals surface area (Å²) in [6, 6.07) is 0. The number of hydrogen-bond donors (Lipinski definition) is 0. The fraction of sp³-hybridized carbons (Fsp3) is 0.500. The van der Waals surface area contributed by atoms with Gasteiger partial charge in [0.05, 0.1) is 0 Å². The molecule has 41 valence electrons. The van der Waals surface area contributed by atoms with Crippen molar-refractivity contribution in [2.45, 2.75) is 6.42 Å². The van der Waals surface area contributed by atoms with E-state index >= 15 is 0 Å². The molecular formula is C6H11S. The lowest BCUT2D eigenvalue weighted by Crippen LogP contribution is -1.63. The van der Waals surface area contributed by atoms with Crippen LogP contribution in [0, 0.1) is 6.92 Å². The van der Waals surface area contributed by atoms with Crippen molar-refractivity contribution < 1.29 is 0 Å². The Labute approximate surface area is 50.0 Å². The SMILES string of the molecule is [CH2]CC=CCSC. The predicted molar refractivity (Wildman–Crippen MR) is 37.5 cm³/mol. The second-order valence-corrected chi connectivity index (χ2v) is 2.13. The molecule has 0 saturated carbocycles. The highest BCUT2D eigenvalue weighted by Crippen LogP contribution is 1.91. The summed E-state index contributed by atoms with van der Waals surface area (Å²) in [6.45, 7) is 3.66. The Bertz CT molecular complexity index is 48.1. The predicted octanol–water partition coefficient (Wildman–Crippen LogP) is 2.13. The van der Waals surface area contributed by atoms with E-state index in [1.54, 1.807) is 0 Å². The van der Waals surface area contributed by atoms with E-state index < -0.39 is 0 Å². The molecule has 0 atom stereocenters. The number of hydrogen-bond acceptors (Lipinski definition) is 1. The van der Waals surface area contributed by atoms with Crippen LogP contribution in [0.3, 0.4) is 0 Å². The molecule has 0 aliphatic carbocycles. The first-order valence-corrected chi connectivity index (χ1v) is 3.74. The molecule has 0 spiro atoms. The molecule has 0 bridgehead atoms. The van der Waals surface area contributed by atoms with Crippen molar-refractivity contribution in [1.82, 2.24) is 0 Å². The standard InChI is InChI=1S/C6H11S/c1-3-4-5-6-7-2/h4-5H,1,3,6H2,2H3. The van der Waals surface area contributed by atoms with E-state index in [2.05, 4.69) is 25.3 Å². The zero-order chi connectivity index (χ0) is 5.54. The Morgan fingerprint density at radius 2 is 2.29 bits per heavy atom. The van der Waals surface area contributed by atoms with Gasteiger partial charge in [-0.2, -0.15) is 11.8 Å². The first kappa shape index (κ1) is 7.09. The lowest BCUT2D eigenvalue weighted by Gasteiger charge is -1.80. The van der Waals surface area contributed by atoms with Crippen LogP contribution < -0.4 is 0 Å². The molecular weight excluding hydrogens is 104 g/mol. The van der Waals surface area contributed by atoms with Crippen molar-refractivity contribution in [2.75, 3.05) is 12.0 Å². The monoisotopic (exact) mass is 115 g/mol. The summed E-state index contributed by atoms with van der Waals surface area (Å²) < 4.78 is 0. The molecule has 0 aromatic carbocycles. The van der Waals surface area contributed by atoms with Gasteiger partial charge < -0.3 is 0 Å². The third-order valence-electron chi connectivity index (χ3n) is 0.596. The third kappa shape index (κ3) is 6.09. The van der Waals surface area contributed by atoms with E-state index in [9.17, 15) is 0 Å². The summed E-state index contributed by atoms with van der Waals surface area (Å²) in [5, 5.41) is 0. The molecule has 1 radical (unpaired) electrons. The molecule has 0 aliphatic heterocycles. The first-order valence-electron chi connectivity index (χ1n) is 2.35. The maximum Gasteiger partial charge on any atom is 0.0110 e. The Kier molecular flexibility index (Phi) is 6.17. The van der Waals surface area contributed by atoms with Crippen LogP contribution in [0.5, 0.6) is 0 Å². The zero-order valence-electron chi connectivity index (χ0n) is 4.68. The Balaban J connectivity index is 2.78. The van der Waals surface area contributed by atoms with Crippen LogP contribution in [0.4, 0.5) is 0 Å². The highest BCUT2D eigenvalue weighted by Gasteiger charge is 1.67. The Morgan fingerprint density at radius 1 is 1.57 bits per heavy atom. The van der Waals surface area contributed by atoms with Crippen LogP contribution in [0.25, 0.3) is 0 Å². The molecule has 0 rings (SSSR count). The van der Waals surface area contributed by atoms with Crippen LogP contribution in [0.1, 0.15) is 6.42 Å². The lowest BCUT2D eigenvalue weighted by molar-refractivity contribution is 1.39. The average molecular weight is 115 g/mol. The molecule has 0 nitrogen and oxygen atoms in total. The van der Waals surface area contributed by atoms with Crippen LogP contribution in [-0.2, 0) is 0 Å². The van der Waals surface area contributed by atoms with E-state index in [4.69, 9.17) is 0 Å². The molecule has 0 heterocycles. The van der Waals surface area contributed by atoms with E-state index in [-0.39, 0.29) is 0 Å². The van der Waals surface area contributed by atoms with Crippen LogP contribution in [-0.4, -0.2) is 12.0 Å². The van der Waals surface area contributed by atoms with Gasteiger partial charge in [-0.25, -0.2) is 0 Å². The third-order valence-corrected chi connectivity index (χ3v) is 1.12. The maximum atomic E-state index is 3.66. The Hall–Kier alpha value is 0.0900. The molecule has 0 N–H and O–H groups in total. The van der Waals surface area contributed by atoms with Gasteiger partial charge in [0.15, 0.2) is 0 Å². The van der Waals surface area contributed by atoms with Gasteiger partial charge in [-0.05, 0) is 19.6 Å². The molecule has 0 saturated heterocycles. The van der Waals surface area contributed by atoms with Gasteiger partial charge in [0.1, 0.15) is 0 Å². The molecule has 0 unspecified atom stereocenters. The quantitative estimate of drug-likeness (QED) is 0.508. The van der Waals surface area contributed by atoms with Crippen LogP contribution in [0.2, 0.25) is 0 Å². The maximum absolute atomic E-state index is 3.66. The number of allylic oxidation sites excluding steroid dienone is 1. The summed E-state index contributed by atoms with van der Waals surface area (Å²) in [6.07, 6.45) is 7.22. The van der Waals surface area contributed by atoms with Gasteiger partial charge in [-0.3, -0.25) is 0 Å². The zero-order valence-corrected chi connectivity index (χ0v) is 5.50. The van der Waals surface area contributed by atoms with Gasteiger partial charge in [0.25, 0.3) is 0 Å². The largest absolute Gasteiger partial charge is 0.161 e. The normalized spacial score (nSPS) is 10.6. The topological polar surface area (TPSA) is 0 Å². The lowest BCUT2D eigenvalue weighted by atomic mass is 10.4. The number of rotatable bonds is 3. The molecule has 1 heteroatoms. The van der Waals surface area contributed by atoms with Gasteiger partial charge in [-0.1, -0.05) is 12.2 Å². The van der Waals surface area contributed by atoms with Crippen molar-refractivity contribution >= 4 is 11.8 Å². The molecule has 0 aromatic rings. The van der Waals surface area contributed by atoms with Gasteiger partial charge in [0, 0.05) is 5.75 Å². The minimum atomic E-state index is 0.917. The molecule has 0 aromatic heterocycles. The summed E-state index contributed by atoms with van der Waals surface area (Å²) in [4.78, 5) is 0. The van der Waals surface area contributed by atoms with Crippen LogP contribution >= 0.6 is 11.8 Å². The fourth-order valence-electron chi connectivity index (χ4n) is 0.282. The van der Waals surface area contributed by atoms with Gasteiger partial charge in [0.2, 0.25) is 0 Å².